The van der Waals surface area contributed by atoms with E-state index in [2.05, 4.69) is 31.0 Å². The molecule has 1 heterocycles. The Morgan fingerprint density at radius 1 is 1.14 bits per heavy atom. The normalized spacial score (nSPS) is 38.3. The second-order valence-corrected chi connectivity index (χ2v) is 8.04. The van der Waals surface area contributed by atoms with Gasteiger partial charge >= 0.3 is 0 Å². The summed E-state index contributed by atoms with van der Waals surface area (Å²) in [6.45, 7) is 11.3. The molecule has 1 saturated carbocycles. The number of aliphatic hydroxyl groups excluding tert-OH is 2. The molecule has 21 heavy (non-hydrogen) atoms. The summed E-state index contributed by atoms with van der Waals surface area (Å²) >= 11 is 0. The minimum Gasteiger partial charge on any atom is -0.389 e. The highest BCUT2D eigenvalue weighted by Gasteiger charge is 2.39. The lowest BCUT2D eigenvalue weighted by Gasteiger charge is -2.42. The monoisotopic (exact) mass is 298 g/mol. The number of hydrogen-bond acceptors (Lipinski definition) is 4. The Balaban J connectivity index is 1.92. The molecule has 2 unspecified atom stereocenters. The second-order valence-electron chi connectivity index (χ2n) is 8.04. The summed E-state index contributed by atoms with van der Waals surface area (Å²) < 4.78 is 0. The van der Waals surface area contributed by atoms with Crippen molar-refractivity contribution in [1.29, 1.82) is 0 Å². The zero-order valence-electron chi connectivity index (χ0n) is 14.0. The molecule has 124 valence electrons. The third-order valence-electron chi connectivity index (χ3n) is 5.28. The summed E-state index contributed by atoms with van der Waals surface area (Å²) in [6.07, 6.45) is 4.02. The molecule has 0 aromatic heterocycles. The highest BCUT2D eigenvalue weighted by Crippen LogP contribution is 2.39. The first kappa shape index (κ1) is 17.2. The zero-order valence-corrected chi connectivity index (χ0v) is 14.0. The first-order valence-corrected chi connectivity index (χ1v) is 8.69. The van der Waals surface area contributed by atoms with Crippen molar-refractivity contribution in [3.8, 4) is 0 Å². The summed E-state index contributed by atoms with van der Waals surface area (Å²) in [5, 5.41) is 23.2. The van der Waals surface area contributed by atoms with E-state index < -0.39 is 12.2 Å². The van der Waals surface area contributed by atoms with E-state index >= 15 is 0 Å². The fourth-order valence-corrected chi connectivity index (χ4v) is 3.84. The van der Waals surface area contributed by atoms with E-state index in [0.717, 1.165) is 25.6 Å². The summed E-state index contributed by atoms with van der Waals surface area (Å²) in [7, 11) is 0. The molecule has 4 heteroatoms. The van der Waals surface area contributed by atoms with Crippen molar-refractivity contribution in [2.45, 2.75) is 58.7 Å². The van der Waals surface area contributed by atoms with Gasteiger partial charge in [0, 0.05) is 26.2 Å². The standard InChI is InChI=1S/C17H34N2O2/c1-13(2)8-18-11-17(6-4-14(3)5-7-17)12-19-9-15(20)16(21)10-19/h13-16,18,20-21H,4-12H2,1-3H3. The van der Waals surface area contributed by atoms with Gasteiger partial charge in [0.05, 0.1) is 12.2 Å². The molecule has 0 radical (unpaired) electrons. The molecular formula is C17H34N2O2. The Labute approximate surface area is 129 Å². The van der Waals surface area contributed by atoms with Gasteiger partial charge in [-0.05, 0) is 36.6 Å². The smallest absolute Gasteiger partial charge is 0.0938 e. The van der Waals surface area contributed by atoms with Gasteiger partial charge in [0.1, 0.15) is 0 Å². The zero-order chi connectivity index (χ0) is 15.5. The number of nitrogens with zero attached hydrogens (tertiary/aromatic N) is 1. The molecule has 0 aromatic carbocycles. The van der Waals surface area contributed by atoms with E-state index in [1.54, 1.807) is 0 Å². The molecule has 2 aliphatic rings. The van der Waals surface area contributed by atoms with E-state index in [4.69, 9.17) is 0 Å². The van der Waals surface area contributed by atoms with Crippen LogP contribution in [-0.2, 0) is 0 Å². The van der Waals surface area contributed by atoms with Gasteiger partial charge in [0.2, 0.25) is 0 Å². The Morgan fingerprint density at radius 3 is 2.24 bits per heavy atom. The van der Waals surface area contributed by atoms with Crippen LogP contribution in [-0.4, -0.2) is 60.0 Å². The van der Waals surface area contributed by atoms with Crippen molar-refractivity contribution in [2.75, 3.05) is 32.7 Å². The van der Waals surface area contributed by atoms with Gasteiger partial charge in [0.25, 0.3) is 0 Å². The van der Waals surface area contributed by atoms with Crippen LogP contribution in [0.25, 0.3) is 0 Å². The maximum atomic E-state index is 9.77. The van der Waals surface area contributed by atoms with Crippen LogP contribution in [0.3, 0.4) is 0 Å². The first-order chi connectivity index (χ1) is 9.90. The molecule has 2 rings (SSSR count). The molecule has 3 N–H and O–H groups in total. The van der Waals surface area contributed by atoms with E-state index in [9.17, 15) is 10.2 Å². The predicted octanol–water partition coefficient (Wildman–Crippen LogP) is 1.47. The lowest BCUT2D eigenvalue weighted by Crippen LogP contribution is -2.46. The van der Waals surface area contributed by atoms with Gasteiger partial charge < -0.3 is 15.5 Å². The minimum atomic E-state index is -0.562. The average Bonchev–Trinajstić information content (AvgIpc) is 2.71. The predicted molar refractivity (Wildman–Crippen MR) is 86.2 cm³/mol. The summed E-state index contributed by atoms with van der Waals surface area (Å²) in [5.41, 5.74) is 0.325. The number of hydrogen-bond donors (Lipinski definition) is 3. The Kier molecular flexibility index (Phi) is 6.06. The molecule has 0 aromatic rings. The third kappa shape index (κ3) is 4.92. The van der Waals surface area contributed by atoms with Gasteiger partial charge in [-0.1, -0.05) is 33.6 Å². The maximum absolute atomic E-state index is 9.77. The molecular weight excluding hydrogens is 264 g/mol. The van der Waals surface area contributed by atoms with Gasteiger partial charge in [-0.15, -0.1) is 0 Å². The van der Waals surface area contributed by atoms with Crippen molar-refractivity contribution < 1.29 is 10.2 Å². The van der Waals surface area contributed by atoms with Gasteiger partial charge in [-0.2, -0.15) is 0 Å². The van der Waals surface area contributed by atoms with Crippen LogP contribution in [0.2, 0.25) is 0 Å². The van der Waals surface area contributed by atoms with Crippen molar-refractivity contribution in [1.82, 2.24) is 10.2 Å². The molecule has 0 bridgehead atoms. The number of β-amino-alcohol motifs (C(OH)–C–C–N with tert-alkyl or cyclic N) is 2. The molecule has 1 aliphatic heterocycles. The highest BCUT2D eigenvalue weighted by atomic mass is 16.3. The molecule has 4 nitrogen and oxygen atoms in total. The van der Waals surface area contributed by atoms with Crippen LogP contribution in [0.15, 0.2) is 0 Å². The lowest BCUT2D eigenvalue weighted by atomic mass is 9.70. The molecule has 0 spiro atoms. The Hall–Kier alpha value is -0.160. The topological polar surface area (TPSA) is 55.7 Å². The summed E-state index contributed by atoms with van der Waals surface area (Å²) in [6, 6.07) is 0. The van der Waals surface area contributed by atoms with E-state index in [-0.39, 0.29) is 0 Å². The fourth-order valence-electron chi connectivity index (χ4n) is 3.84. The van der Waals surface area contributed by atoms with Crippen molar-refractivity contribution in [2.24, 2.45) is 17.3 Å². The molecule has 1 saturated heterocycles. The number of rotatable bonds is 6. The molecule has 1 aliphatic carbocycles. The molecule has 2 fully saturated rings. The Morgan fingerprint density at radius 2 is 1.71 bits per heavy atom. The van der Waals surface area contributed by atoms with Crippen LogP contribution in [0, 0.1) is 17.3 Å². The first-order valence-electron chi connectivity index (χ1n) is 8.69. The minimum absolute atomic E-state index is 0.325. The van der Waals surface area contributed by atoms with Crippen molar-refractivity contribution in [3.63, 3.8) is 0 Å². The second kappa shape index (κ2) is 7.40. The SMILES string of the molecule is CC(C)CNCC1(CN2CC(O)C(O)C2)CCC(C)CC1. The number of aliphatic hydroxyl groups is 2. The van der Waals surface area contributed by atoms with Gasteiger partial charge in [0.15, 0.2) is 0 Å². The van der Waals surface area contributed by atoms with Gasteiger partial charge in [-0.3, -0.25) is 4.90 Å². The lowest BCUT2D eigenvalue weighted by molar-refractivity contribution is 0.0572. The molecule has 0 amide bonds. The summed E-state index contributed by atoms with van der Waals surface area (Å²) in [5.74, 6) is 1.53. The third-order valence-corrected chi connectivity index (χ3v) is 5.28. The van der Waals surface area contributed by atoms with Crippen LogP contribution >= 0.6 is 0 Å². The molecule has 2 atom stereocenters. The van der Waals surface area contributed by atoms with E-state index in [1.807, 2.05) is 0 Å². The largest absolute Gasteiger partial charge is 0.389 e. The van der Waals surface area contributed by atoms with E-state index in [0.29, 0.717) is 24.4 Å². The highest BCUT2D eigenvalue weighted by molar-refractivity contribution is 4.93. The van der Waals surface area contributed by atoms with Gasteiger partial charge in [-0.25, -0.2) is 0 Å². The van der Waals surface area contributed by atoms with Crippen LogP contribution < -0.4 is 5.32 Å². The number of nitrogens with one attached hydrogen (secondary N) is 1. The van der Waals surface area contributed by atoms with Crippen molar-refractivity contribution >= 4 is 0 Å². The summed E-state index contributed by atoms with van der Waals surface area (Å²) in [4.78, 5) is 2.27. The number of likely N-dealkylation sites (tertiary alicyclic amines) is 1. The Bertz CT molecular complexity index is 304. The van der Waals surface area contributed by atoms with Crippen LogP contribution in [0.1, 0.15) is 46.5 Å². The quantitative estimate of drug-likeness (QED) is 0.695. The van der Waals surface area contributed by atoms with E-state index in [1.165, 1.54) is 25.7 Å². The van der Waals surface area contributed by atoms with Crippen molar-refractivity contribution in [3.05, 3.63) is 0 Å². The fraction of sp³-hybridized carbons (Fsp3) is 1.00. The van der Waals surface area contributed by atoms with Crippen LogP contribution in [0.5, 0.6) is 0 Å². The average molecular weight is 298 g/mol. The maximum Gasteiger partial charge on any atom is 0.0938 e. The van der Waals surface area contributed by atoms with Crippen LogP contribution in [0.4, 0.5) is 0 Å².